The normalized spacial score (nSPS) is 10.7. The molecule has 0 saturated carbocycles. The Labute approximate surface area is 121 Å². The molecule has 21 heavy (non-hydrogen) atoms. The molecule has 0 bridgehead atoms. The lowest BCUT2D eigenvalue weighted by Gasteiger charge is -2.09. The minimum Gasteiger partial charge on any atom is -0.373 e. The fraction of sp³-hybridized carbons (Fsp3) is 0.0769. The zero-order valence-electron chi connectivity index (χ0n) is 11.0. The van der Waals surface area contributed by atoms with Crippen LogP contribution in [0.4, 0.5) is 15.9 Å². The zero-order chi connectivity index (χ0) is 15.5. The summed E-state index contributed by atoms with van der Waals surface area (Å²) in [5.74, 6) is -0.309. The van der Waals surface area contributed by atoms with Crippen LogP contribution in [0, 0.1) is 17.1 Å². The van der Waals surface area contributed by atoms with E-state index in [1.165, 1.54) is 24.3 Å². The Bertz CT molecular complexity index is 798. The van der Waals surface area contributed by atoms with Crippen LogP contribution in [0.1, 0.15) is 5.56 Å². The zero-order valence-corrected chi connectivity index (χ0v) is 11.8. The molecule has 8 heteroatoms. The maximum absolute atomic E-state index is 13.7. The number of sulfonamides is 1. The number of rotatable bonds is 4. The van der Waals surface area contributed by atoms with Gasteiger partial charge in [0, 0.05) is 13.2 Å². The number of nitriles is 1. The van der Waals surface area contributed by atoms with Gasteiger partial charge in [0.05, 0.1) is 17.3 Å². The van der Waals surface area contributed by atoms with Gasteiger partial charge >= 0.3 is 0 Å². The van der Waals surface area contributed by atoms with E-state index in [0.717, 1.165) is 12.3 Å². The van der Waals surface area contributed by atoms with Crippen molar-refractivity contribution in [2.75, 3.05) is 17.1 Å². The highest BCUT2D eigenvalue weighted by Crippen LogP contribution is 2.20. The van der Waals surface area contributed by atoms with Crippen molar-refractivity contribution >= 4 is 21.5 Å². The van der Waals surface area contributed by atoms with Crippen LogP contribution in [0.3, 0.4) is 0 Å². The third-order valence-corrected chi connectivity index (χ3v) is 4.00. The van der Waals surface area contributed by atoms with Gasteiger partial charge in [0.2, 0.25) is 0 Å². The second-order valence-electron chi connectivity index (χ2n) is 4.04. The quantitative estimate of drug-likeness (QED) is 0.900. The van der Waals surface area contributed by atoms with E-state index in [-0.39, 0.29) is 16.1 Å². The Kier molecular flexibility index (Phi) is 4.05. The Hall–Kier alpha value is -2.66. The summed E-state index contributed by atoms with van der Waals surface area (Å²) in [4.78, 5) is 3.80. The summed E-state index contributed by atoms with van der Waals surface area (Å²) in [5, 5.41) is 11.4. The first-order valence-electron chi connectivity index (χ1n) is 5.82. The van der Waals surface area contributed by atoms with E-state index in [9.17, 15) is 12.8 Å². The fourth-order valence-corrected chi connectivity index (χ4v) is 2.57. The molecule has 0 aliphatic carbocycles. The van der Waals surface area contributed by atoms with Crippen molar-refractivity contribution < 1.29 is 12.8 Å². The molecule has 0 fully saturated rings. The van der Waals surface area contributed by atoms with Crippen molar-refractivity contribution in [3.8, 4) is 6.07 Å². The van der Waals surface area contributed by atoms with Gasteiger partial charge in [-0.05, 0) is 30.3 Å². The maximum Gasteiger partial charge on any atom is 0.263 e. The van der Waals surface area contributed by atoms with Crippen molar-refractivity contribution in [2.24, 2.45) is 0 Å². The first-order valence-corrected chi connectivity index (χ1v) is 7.31. The lowest BCUT2D eigenvalue weighted by Crippen LogP contribution is -2.14. The standard InChI is InChI=1S/C13H11FN4O2S/c1-16-13-5-3-10(8-17-13)21(19,20)18-12-4-2-9(7-15)6-11(12)14/h2-6,8,18H,1H3,(H,16,17). The Morgan fingerprint density at radius 2 is 2.05 bits per heavy atom. The van der Waals surface area contributed by atoms with Gasteiger partial charge in [-0.15, -0.1) is 0 Å². The van der Waals surface area contributed by atoms with Gasteiger partial charge in [0.1, 0.15) is 16.5 Å². The molecule has 2 aromatic rings. The number of hydrogen-bond donors (Lipinski definition) is 2. The van der Waals surface area contributed by atoms with E-state index in [1.54, 1.807) is 13.1 Å². The topological polar surface area (TPSA) is 94.9 Å². The highest BCUT2D eigenvalue weighted by Gasteiger charge is 2.17. The molecule has 1 aromatic heterocycles. The molecule has 0 unspecified atom stereocenters. The van der Waals surface area contributed by atoms with Gasteiger partial charge < -0.3 is 5.32 Å². The summed E-state index contributed by atoms with van der Waals surface area (Å²) in [6, 6.07) is 8.08. The molecule has 1 aromatic carbocycles. The van der Waals surface area contributed by atoms with Gasteiger partial charge in [-0.3, -0.25) is 4.72 Å². The van der Waals surface area contributed by atoms with E-state index in [2.05, 4.69) is 15.0 Å². The van der Waals surface area contributed by atoms with Crippen LogP contribution in [0.2, 0.25) is 0 Å². The molecule has 0 spiro atoms. The number of nitrogens with zero attached hydrogens (tertiary/aromatic N) is 2. The summed E-state index contributed by atoms with van der Waals surface area (Å²) in [7, 11) is -2.29. The summed E-state index contributed by atoms with van der Waals surface area (Å²) in [5.41, 5.74) is -0.123. The summed E-state index contributed by atoms with van der Waals surface area (Å²) < 4.78 is 40.0. The Morgan fingerprint density at radius 3 is 2.57 bits per heavy atom. The average molecular weight is 306 g/mol. The minimum atomic E-state index is -3.94. The Morgan fingerprint density at radius 1 is 1.29 bits per heavy atom. The molecule has 6 nitrogen and oxygen atoms in total. The van der Waals surface area contributed by atoms with E-state index in [0.29, 0.717) is 5.82 Å². The molecule has 0 saturated heterocycles. The van der Waals surface area contributed by atoms with Gasteiger partial charge in [0.25, 0.3) is 10.0 Å². The molecule has 0 atom stereocenters. The molecule has 2 N–H and O–H groups in total. The van der Waals surface area contributed by atoms with Crippen molar-refractivity contribution in [1.82, 2.24) is 4.98 Å². The number of halogens is 1. The summed E-state index contributed by atoms with van der Waals surface area (Å²) in [6.07, 6.45) is 1.16. The van der Waals surface area contributed by atoms with E-state index >= 15 is 0 Å². The van der Waals surface area contributed by atoms with Crippen LogP contribution in [-0.4, -0.2) is 20.4 Å². The predicted octanol–water partition coefficient (Wildman–Crippen LogP) is 1.93. The van der Waals surface area contributed by atoms with Gasteiger partial charge in [-0.1, -0.05) is 0 Å². The molecular weight excluding hydrogens is 295 g/mol. The van der Waals surface area contributed by atoms with E-state index in [4.69, 9.17) is 5.26 Å². The number of hydrogen-bond acceptors (Lipinski definition) is 5. The average Bonchev–Trinajstić information content (AvgIpc) is 2.49. The summed E-state index contributed by atoms with van der Waals surface area (Å²) in [6.45, 7) is 0. The molecular formula is C13H11FN4O2S. The lowest BCUT2D eigenvalue weighted by molar-refractivity contribution is 0.598. The van der Waals surface area contributed by atoms with Crippen molar-refractivity contribution in [3.63, 3.8) is 0 Å². The number of aromatic nitrogens is 1. The first kappa shape index (κ1) is 14.7. The third kappa shape index (κ3) is 3.27. The van der Waals surface area contributed by atoms with Crippen LogP contribution in [0.15, 0.2) is 41.4 Å². The van der Waals surface area contributed by atoms with Gasteiger partial charge in [-0.25, -0.2) is 17.8 Å². The first-order chi connectivity index (χ1) is 9.96. The van der Waals surface area contributed by atoms with Crippen LogP contribution in [-0.2, 0) is 10.0 Å². The predicted molar refractivity (Wildman–Crippen MR) is 75.7 cm³/mol. The van der Waals surface area contributed by atoms with Crippen LogP contribution in [0.25, 0.3) is 0 Å². The highest BCUT2D eigenvalue weighted by atomic mass is 32.2. The van der Waals surface area contributed by atoms with Crippen molar-refractivity contribution in [3.05, 3.63) is 47.9 Å². The molecule has 1 heterocycles. The van der Waals surface area contributed by atoms with Crippen LogP contribution in [0.5, 0.6) is 0 Å². The van der Waals surface area contributed by atoms with Gasteiger partial charge in [0.15, 0.2) is 0 Å². The van der Waals surface area contributed by atoms with Crippen LogP contribution < -0.4 is 10.0 Å². The molecule has 0 aliphatic rings. The fourth-order valence-electron chi connectivity index (χ4n) is 1.56. The smallest absolute Gasteiger partial charge is 0.263 e. The van der Waals surface area contributed by atoms with Crippen molar-refractivity contribution in [2.45, 2.75) is 4.90 Å². The number of nitrogens with one attached hydrogen (secondary N) is 2. The third-order valence-electron chi connectivity index (χ3n) is 2.65. The largest absolute Gasteiger partial charge is 0.373 e. The monoisotopic (exact) mass is 306 g/mol. The SMILES string of the molecule is CNc1ccc(S(=O)(=O)Nc2ccc(C#N)cc2F)cn1. The van der Waals surface area contributed by atoms with Crippen LogP contribution >= 0.6 is 0 Å². The van der Waals surface area contributed by atoms with Gasteiger partial charge in [-0.2, -0.15) is 5.26 Å². The molecule has 0 aliphatic heterocycles. The number of benzene rings is 1. The minimum absolute atomic E-state index is 0.0924. The molecule has 0 radical (unpaired) electrons. The molecule has 108 valence electrons. The Balaban J connectivity index is 2.30. The summed E-state index contributed by atoms with van der Waals surface area (Å²) >= 11 is 0. The van der Waals surface area contributed by atoms with E-state index in [1.807, 2.05) is 0 Å². The molecule has 2 rings (SSSR count). The van der Waals surface area contributed by atoms with Crippen molar-refractivity contribution in [1.29, 1.82) is 5.26 Å². The maximum atomic E-state index is 13.7. The second kappa shape index (κ2) is 5.76. The second-order valence-corrected chi connectivity index (χ2v) is 5.72. The number of anilines is 2. The molecule has 0 amide bonds. The lowest BCUT2D eigenvalue weighted by atomic mass is 10.2. The number of pyridine rings is 1. The highest BCUT2D eigenvalue weighted by molar-refractivity contribution is 7.92. The van der Waals surface area contributed by atoms with E-state index < -0.39 is 15.8 Å².